The van der Waals surface area contributed by atoms with Crippen LogP contribution in [0.25, 0.3) is 6.08 Å². The summed E-state index contributed by atoms with van der Waals surface area (Å²) in [6.07, 6.45) is 4.39. The second-order valence-corrected chi connectivity index (χ2v) is 4.63. The first-order chi connectivity index (χ1) is 9.29. The van der Waals surface area contributed by atoms with E-state index >= 15 is 0 Å². The summed E-state index contributed by atoms with van der Waals surface area (Å²) >= 11 is 0. The fraction of sp³-hybridized carbons (Fsp3) is 0.400. The minimum Gasteiger partial charge on any atom is -0.379 e. The Morgan fingerprint density at radius 2 is 2.21 bits per heavy atom. The minimum atomic E-state index is -0.0837. The number of benzene rings is 1. The molecule has 4 nitrogen and oxygen atoms in total. The molecule has 0 bridgehead atoms. The van der Waals surface area contributed by atoms with Crippen LogP contribution < -0.4 is 10.6 Å². The Morgan fingerprint density at radius 1 is 1.42 bits per heavy atom. The smallest absolute Gasteiger partial charge is 0.244 e. The van der Waals surface area contributed by atoms with Crippen LogP contribution in [0.2, 0.25) is 0 Å². The highest BCUT2D eigenvalue weighted by Crippen LogP contribution is 2.07. The van der Waals surface area contributed by atoms with Crippen LogP contribution in [0.1, 0.15) is 12.0 Å². The molecule has 0 aromatic heterocycles. The Hall–Kier alpha value is -1.65. The molecule has 2 N–H and O–H groups in total. The summed E-state index contributed by atoms with van der Waals surface area (Å²) in [6.45, 7) is 1.69. The highest BCUT2D eigenvalue weighted by atomic mass is 16.5. The molecule has 0 radical (unpaired) electrons. The standard InChI is InChI=1S/C15H20N2O2/c1-19-14-9-10-16-11-13(14)17-15(18)8-7-12-5-3-2-4-6-12/h2-8,13-14,16H,9-11H2,1H3,(H,17,18)/b8-7+/t13-,14+/m0/s1. The van der Waals surface area contributed by atoms with Crippen molar-refractivity contribution in [3.8, 4) is 0 Å². The number of hydrogen-bond donors (Lipinski definition) is 2. The Morgan fingerprint density at radius 3 is 2.95 bits per heavy atom. The maximum Gasteiger partial charge on any atom is 0.244 e. The summed E-state index contributed by atoms with van der Waals surface area (Å²) in [6, 6.07) is 9.81. The van der Waals surface area contributed by atoms with E-state index in [0.717, 1.165) is 25.1 Å². The molecule has 1 aromatic carbocycles. The number of carbonyl (C=O) groups is 1. The molecule has 1 amide bonds. The molecule has 1 aliphatic heterocycles. The molecule has 1 fully saturated rings. The van der Waals surface area contributed by atoms with Crippen LogP contribution in [0.4, 0.5) is 0 Å². The molecule has 1 heterocycles. The quantitative estimate of drug-likeness (QED) is 0.800. The summed E-state index contributed by atoms with van der Waals surface area (Å²) in [5, 5.41) is 6.24. The van der Waals surface area contributed by atoms with E-state index in [9.17, 15) is 4.79 Å². The second kappa shape index (κ2) is 7.07. The number of amides is 1. The van der Waals surface area contributed by atoms with Gasteiger partial charge >= 0.3 is 0 Å². The van der Waals surface area contributed by atoms with Crippen molar-refractivity contribution < 1.29 is 9.53 Å². The van der Waals surface area contributed by atoms with Gasteiger partial charge < -0.3 is 15.4 Å². The molecular formula is C15H20N2O2. The zero-order valence-electron chi connectivity index (χ0n) is 11.1. The summed E-state index contributed by atoms with van der Waals surface area (Å²) < 4.78 is 5.39. The number of carbonyl (C=O) groups excluding carboxylic acids is 1. The van der Waals surface area contributed by atoms with Crippen molar-refractivity contribution in [2.24, 2.45) is 0 Å². The van der Waals surface area contributed by atoms with E-state index in [4.69, 9.17) is 4.74 Å². The number of nitrogens with one attached hydrogen (secondary N) is 2. The van der Waals surface area contributed by atoms with Gasteiger partial charge in [0.1, 0.15) is 0 Å². The maximum absolute atomic E-state index is 11.9. The van der Waals surface area contributed by atoms with Crippen LogP contribution in [0, 0.1) is 0 Å². The van der Waals surface area contributed by atoms with Gasteiger partial charge in [0, 0.05) is 19.7 Å². The van der Waals surface area contributed by atoms with E-state index in [2.05, 4.69) is 10.6 Å². The average molecular weight is 260 g/mol. The molecule has 0 saturated carbocycles. The first kappa shape index (κ1) is 13.8. The third kappa shape index (κ3) is 4.19. The normalized spacial score (nSPS) is 23.4. The summed E-state index contributed by atoms with van der Waals surface area (Å²) in [7, 11) is 1.69. The average Bonchev–Trinajstić information content (AvgIpc) is 2.47. The van der Waals surface area contributed by atoms with Gasteiger partial charge in [-0.15, -0.1) is 0 Å². The van der Waals surface area contributed by atoms with Gasteiger partial charge in [-0.2, -0.15) is 0 Å². The predicted octanol–water partition coefficient (Wildman–Crippen LogP) is 1.19. The Labute approximate surface area is 113 Å². The lowest BCUT2D eigenvalue weighted by Gasteiger charge is -2.31. The first-order valence-corrected chi connectivity index (χ1v) is 6.57. The fourth-order valence-electron chi connectivity index (χ4n) is 2.23. The SMILES string of the molecule is CO[C@@H]1CCNC[C@@H]1NC(=O)/C=C/c1ccccc1. The fourth-order valence-corrected chi connectivity index (χ4v) is 2.23. The van der Waals surface area contributed by atoms with Crippen molar-refractivity contribution in [2.45, 2.75) is 18.6 Å². The van der Waals surface area contributed by atoms with Gasteiger partial charge in [0.15, 0.2) is 0 Å². The van der Waals surface area contributed by atoms with Crippen LogP contribution >= 0.6 is 0 Å². The Bertz CT molecular complexity index is 431. The van der Waals surface area contributed by atoms with Crippen molar-refractivity contribution in [2.75, 3.05) is 20.2 Å². The molecule has 19 heavy (non-hydrogen) atoms. The first-order valence-electron chi connectivity index (χ1n) is 6.57. The van der Waals surface area contributed by atoms with Crippen LogP contribution in [0.3, 0.4) is 0 Å². The van der Waals surface area contributed by atoms with Crippen molar-refractivity contribution in [3.05, 3.63) is 42.0 Å². The van der Waals surface area contributed by atoms with Crippen molar-refractivity contribution in [3.63, 3.8) is 0 Å². The highest BCUT2D eigenvalue weighted by molar-refractivity contribution is 5.91. The van der Waals surface area contributed by atoms with Gasteiger partial charge in [-0.05, 0) is 24.6 Å². The predicted molar refractivity (Wildman–Crippen MR) is 75.7 cm³/mol. The van der Waals surface area contributed by atoms with E-state index in [1.165, 1.54) is 0 Å². The molecule has 0 aliphatic carbocycles. The topological polar surface area (TPSA) is 50.4 Å². The van der Waals surface area contributed by atoms with Gasteiger partial charge in [-0.25, -0.2) is 0 Å². The van der Waals surface area contributed by atoms with Crippen molar-refractivity contribution in [1.29, 1.82) is 0 Å². The van der Waals surface area contributed by atoms with Gasteiger partial charge in [0.25, 0.3) is 0 Å². The number of rotatable bonds is 4. The van der Waals surface area contributed by atoms with Crippen molar-refractivity contribution in [1.82, 2.24) is 10.6 Å². The van der Waals surface area contributed by atoms with E-state index in [1.54, 1.807) is 13.2 Å². The van der Waals surface area contributed by atoms with Crippen molar-refractivity contribution >= 4 is 12.0 Å². The molecule has 1 aliphatic rings. The zero-order valence-corrected chi connectivity index (χ0v) is 11.1. The minimum absolute atomic E-state index is 0.0340. The van der Waals surface area contributed by atoms with Crippen LogP contribution in [-0.4, -0.2) is 38.3 Å². The molecule has 2 atom stereocenters. The van der Waals surface area contributed by atoms with Gasteiger partial charge in [0.2, 0.25) is 5.91 Å². The van der Waals surface area contributed by atoms with E-state index < -0.39 is 0 Å². The van der Waals surface area contributed by atoms with Crippen LogP contribution in [0.5, 0.6) is 0 Å². The number of methoxy groups -OCH3 is 1. The molecule has 0 spiro atoms. The van der Waals surface area contributed by atoms with Crippen LogP contribution in [-0.2, 0) is 9.53 Å². The molecule has 2 rings (SSSR count). The number of hydrogen-bond acceptors (Lipinski definition) is 3. The maximum atomic E-state index is 11.9. The van der Waals surface area contributed by atoms with Gasteiger partial charge in [0.05, 0.1) is 12.1 Å². The highest BCUT2D eigenvalue weighted by Gasteiger charge is 2.25. The molecular weight excluding hydrogens is 240 g/mol. The third-order valence-corrected chi connectivity index (χ3v) is 3.28. The Balaban J connectivity index is 1.88. The molecule has 102 valence electrons. The summed E-state index contributed by atoms with van der Waals surface area (Å²) in [4.78, 5) is 11.9. The molecule has 4 heteroatoms. The molecule has 1 aromatic rings. The van der Waals surface area contributed by atoms with Gasteiger partial charge in [-0.3, -0.25) is 4.79 Å². The monoisotopic (exact) mass is 260 g/mol. The van der Waals surface area contributed by atoms with E-state index in [-0.39, 0.29) is 18.1 Å². The lowest BCUT2D eigenvalue weighted by atomic mass is 10.0. The zero-order chi connectivity index (χ0) is 13.5. The third-order valence-electron chi connectivity index (χ3n) is 3.28. The second-order valence-electron chi connectivity index (χ2n) is 4.63. The largest absolute Gasteiger partial charge is 0.379 e. The van der Waals surface area contributed by atoms with E-state index in [0.29, 0.717) is 0 Å². The van der Waals surface area contributed by atoms with Gasteiger partial charge in [-0.1, -0.05) is 30.3 Å². The number of ether oxygens (including phenoxy) is 1. The molecule has 1 saturated heterocycles. The lowest BCUT2D eigenvalue weighted by Crippen LogP contribution is -2.54. The number of piperidine rings is 1. The van der Waals surface area contributed by atoms with Crippen LogP contribution in [0.15, 0.2) is 36.4 Å². The summed E-state index contributed by atoms with van der Waals surface area (Å²) in [5.41, 5.74) is 1.02. The Kier molecular flexibility index (Phi) is 5.12. The lowest BCUT2D eigenvalue weighted by molar-refractivity contribution is -0.118. The summed E-state index contributed by atoms with van der Waals surface area (Å²) in [5.74, 6) is -0.0837. The molecule has 0 unspecified atom stereocenters. The van der Waals surface area contributed by atoms with E-state index in [1.807, 2.05) is 36.4 Å².